The number of halogens is 1. The lowest BCUT2D eigenvalue weighted by molar-refractivity contribution is -0.903. The fourth-order valence-corrected chi connectivity index (χ4v) is 1.80. The third kappa shape index (κ3) is 5.84. The van der Waals surface area contributed by atoms with Gasteiger partial charge in [0.25, 0.3) is 0 Å². The lowest BCUT2D eigenvalue weighted by Gasteiger charge is -2.29. The highest BCUT2D eigenvalue weighted by Crippen LogP contribution is 2.12. The van der Waals surface area contributed by atoms with Gasteiger partial charge in [-0.1, -0.05) is 30.9 Å². The van der Waals surface area contributed by atoms with Crippen LogP contribution in [0.1, 0.15) is 17.5 Å². The van der Waals surface area contributed by atoms with E-state index in [1.807, 2.05) is 18.2 Å². The van der Waals surface area contributed by atoms with Crippen LogP contribution in [0.3, 0.4) is 0 Å². The van der Waals surface area contributed by atoms with E-state index in [2.05, 4.69) is 32.8 Å². The normalized spacial score (nSPS) is 10.6. The minimum absolute atomic E-state index is 0. The number of primary amides is 1. The first-order valence-electron chi connectivity index (χ1n) is 5.75. The van der Waals surface area contributed by atoms with Crippen LogP contribution in [0.2, 0.25) is 0 Å². The number of nitrogens with two attached hydrogens (primary N) is 1. The summed E-state index contributed by atoms with van der Waals surface area (Å²) in [4.78, 5) is 10.8. The average Bonchev–Trinajstić information content (AvgIpc) is 2.26. The SMILES string of the molecule is C=Cc1cccc(C[N+](C)(C)CCC(N)=O)c1.[Cl-]. The van der Waals surface area contributed by atoms with E-state index in [4.69, 9.17) is 5.73 Å². The second-order valence-corrected chi connectivity index (χ2v) is 4.98. The Hall–Kier alpha value is -1.32. The molecule has 0 fully saturated rings. The third-order valence-corrected chi connectivity index (χ3v) is 2.76. The van der Waals surface area contributed by atoms with Gasteiger partial charge in [-0.15, -0.1) is 0 Å². The van der Waals surface area contributed by atoms with Gasteiger partial charge in [-0.3, -0.25) is 4.79 Å². The standard InChI is InChI=1S/C14H20N2O.ClH/c1-4-12-6-5-7-13(10-12)11-16(2,3)9-8-14(15)17;/h4-7,10H,1,8-9,11H2,2-3H3,(H-,15,17);1H. The largest absolute Gasteiger partial charge is 1.00 e. The van der Waals surface area contributed by atoms with Crippen molar-refractivity contribution < 1.29 is 21.7 Å². The van der Waals surface area contributed by atoms with Crippen molar-refractivity contribution in [3.8, 4) is 0 Å². The van der Waals surface area contributed by atoms with Crippen molar-refractivity contribution in [3.63, 3.8) is 0 Å². The Morgan fingerprint density at radius 2 is 2.11 bits per heavy atom. The van der Waals surface area contributed by atoms with Crippen LogP contribution in [-0.4, -0.2) is 31.0 Å². The Morgan fingerprint density at radius 3 is 2.67 bits per heavy atom. The maximum Gasteiger partial charge on any atom is 0.223 e. The van der Waals surface area contributed by atoms with Crippen molar-refractivity contribution in [2.45, 2.75) is 13.0 Å². The van der Waals surface area contributed by atoms with Gasteiger partial charge in [0.05, 0.1) is 27.1 Å². The molecule has 100 valence electrons. The molecule has 0 aliphatic carbocycles. The number of benzene rings is 1. The predicted octanol–water partition coefficient (Wildman–Crippen LogP) is -1.21. The highest BCUT2D eigenvalue weighted by Gasteiger charge is 2.16. The van der Waals surface area contributed by atoms with Gasteiger partial charge in [0, 0.05) is 5.56 Å². The highest BCUT2D eigenvalue weighted by molar-refractivity contribution is 5.73. The zero-order valence-corrected chi connectivity index (χ0v) is 11.8. The number of hydrogen-bond acceptors (Lipinski definition) is 1. The smallest absolute Gasteiger partial charge is 0.223 e. The van der Waals surface area contributed by atoms with Crippen molar-refractivity contribution in [3.05, 3.63) is 42.0 Å². The van der Waals surface area contributed by atoms with Crippen molar-refractivity contribution >= 4 is 12.0 Å². The molecule has 3 nitrogen and oxygen atoms in total. The van der Waals surface area contributed by atoms with Crippen LogP contribution in [0.25, 0.3) is 6.08 Å². The molecule has 2 N–H and O–H groups in total. The molecular formula is C14H21ClN2O. The maximum absolute atomic E-state index is 10.8. The van der Waals surface area contributed by atoms with Crippen molar-refractivity contribution in [1.29, 1.82) is 0 Å². The number of carbonyl (C=O) groups is 1. The van der Waals surface area contributed by atoms with E-state index in [0.717, 1.165) is 23.1 Å². The zero-order chi connectivity index (χ0) is 12.9. The molecule has 0 saturated carbocycles. The minimum atomic E-state index is -0.240. The molecule has 0 aromatic heterocycles. The van der Waals surface area contributed by atoms with Crippen LogP contribution < -0.4 is 18.1 Å². The Morgan fingerprint density at radius 1 is 1.44 bits per heavy atom. The summed E-state index contributed by atoms with van der Waals surface area (Å²) < 4.78 is 0.754. The summed E-state index contributed by atoms with van der Waals surface area (Å²) in [5.74, 6) is -0.240. The Bertz CT molecular complexity index is 416. The van der Waals surface area contributed by atoms with E-state index in [-0.39, 0.29) is 18.3 Å². The molecule has 18 heavy (non-hydrogen) atoms. The second-order valence-electron chi connectivity index (χ2n) is 4.98. The number of quaternary nitrogens is 1. The molecule has 0 unspecified atom stereocenters. The van der Waals surface area contributed by atoms with Crippen LogP contribution in [0.5, 0.6) is 0 Å². The minimum Gasteiger partial charge on any atom is -1.00 e. The first-order valence-corrected chi connectivity index (χ1v) is 5.75. The molecule has 1 rings (SSSR count). The quantitative estimate of drug-likeness (QED) is 0.646. The molecule has 0 aliphatic rings. The second kappa shape index (κ2) is 7.19. The van der Waals surface area contributed by atoms with Gasteiger partial charge < -0.3 is 22.6 Å². The number of carbonyl (C=O) groups excluding carboxylic acids is 1. The Balaban J connectivity index is 0.00000289. The highest BCUT2D eigenvalue weighted by atomic mass is 35.5. The summed E-state index contributed by atoms with van der Waals surface area (Å²) in [6.45, 7) is 5.40. The molecule has 0 heterocycles. The van der Waals surface area contributed by atoms with Crippen LogP contribution >= 0.6 is 0 Å². The van der Waals surface area contributed by atoms with Crippen LogP contribution in [0, 0.1) is 0 Å². The molecule has 0 aliphatic heterocycles. The lowest BCUT2D eigenvalue weighted by atomic mass is 10.1. The number of rotatable bonds is 6. The third-order valence-electron chi connectivity index (χ3n) is 2.76. The molecule has 1 aromatic rings. The van der Waals surface area contributed by atoms with E-state index in [0.29, 0.717) is 6.42 Å². The van der Waals surface area contributed by atoms with Crippen LogP contribution in [0.15, 0.2) is 30.8 Å². The van der Waals surface area contributed by atoms with Crippen LogP contribution in [0.4, 0.5) is 0 Å². The summed E-state index contributed by atoms with van der Waals surface area (Å²) in [5.41, 5.74) is 7.55. The van der Waals surface area contributed by atoms with Gasteiger partial charge >= 0.3 is 0 Å². The van der Waals surface area contributed by atoms with Crippen molar-refractivity contribution in [2.24, 2.45) is 5.73 Å². The molecule has 0 radical (unpaired) electrons. The van der Waals surface area contributed by atoms with Crippen molar-refractivity contribution in [2.75, 3.05) is 20.6 Å². The Labute approximate surface area is 115 Å². The number of nitrogens with zero attached hydrogens (tertiary/aromatic N) is 1. The number of amides is 1. The lowest BCUT2D eigenvalue weighted by Crippen LogP contribution is -3.00. The van der Waals surface area contributed by atoms with E-state index in [1.165, 1.54) is 5.56 Å². The molecule has 1 aromatic carbocycles. The van der Waals surface area contributed by atoms with Gasteiger partial charge in [0.2, 0.25) is 5.91 Å². The molecule has 0 spiro atoms. The summed E-state index contributed by atoms with van der Waals surface area (Å²) in [7, 11) is 4.20. The molecule has 4 heteroatoms. The van der Waals surface area contributed by atoms with Gasteiger partial charge in [0.1, 0.15) is 6.54 Å². The van der Waals surface area contributed by atoms with Gasteiger partial charge in [0.15, 0.2) is 0 Å². The number of hydrogen-bond donors (Lipinski definition) is 1. The molecular weight excluding hydrogens is 248 g/mol. The fourth-order valence-electron chi connectivity index (χ4n) is 1.80. The van der Waals surface area contributed by atoms with E-state index < -0.39 is 0 Å². The van der Waals surface area contributed by atoms with Gasteiger partial charge in [-0.05, 0) is 11.6 Å². The Kier molecular flexibility index (Phi) is 6.66. The average molecular weight is 269 g/mol. The maximum atomic E-state index is 10.8. The summed E-state index contributed by atoms with van der Waals surface area (Å²) in [5, 5.41) is 0. The molecule has 1 amide bonds. The fraction of sp³-hybridized carbons (Fsp3) is 0.357. The summed E-state index contributed by atoms with van der Waals surface area (Å²) in [6, 6.07) is 8.27. The molecule has 0 atom stereocenters. The van der Waals surface area contributed by atoms with E-state index in [1.54, 1.807) is 0 Å². The zero-order valence-electron chi connectivity index (χ0n) is 11.0. The van der Waals surface area contributed by atoms with Gasteiger partial charge in [-0.2, -0.15) is 0 Å². The van der Waals surface area contributed by atoms with Crippen LogP contribution in [-0.2, 0) is 11.3 Å². The first kappa shape index (κ1) is 16.7. The van der Waals surface area contributed by atoms with E-state index >= 15 is 0 Å². The molecule has 0 bridgehead atoms. The predicted molar refractivity (Wildman–Crippen MR) is 71.0 cm³/mol. The molecule has 0 saturated heterocycles. The van der Waals surface area contributed by atoms with E-state index in [9.17, 15) is 4.79 Å². The summed E-state index contributed by atoms with van der Waals surface area (Å²) >= 11 is 0. The summed E-state index contributed by atoms with van der Waals surface area (Å²) in [6.07, 6.45) is 2.26. The monoisotopic (exact) mass is 268 g/mol. The topological polar surface area (TPSA) is 43.1 Å². The van der Waals surface area contributed by atoms with Gasteiger partial charge in [-0.25, -0.2) is 0 Å². The first-order chi connectivity index (χ1) is 7.93. The van der Waals surface area contributed by atoms with Crippen molar-refractivity contribution in [1.82, 2.24) is 0 Å².